The van der Waals surface area contributed by atoms with Crippen LogP contribution in [0.2, 0.25) is 5.02 Å². The second-order valence-electron chi connectivity index (χ2n) is 5.22. The van der Waals surface area contributed by atoms with Crippen LogP contribution in [0.4, 0.5) is 0 Å². The number of halogens is 1. The fourth-order valence-electron chi connectivity index (χ4n) is 2.29. The molecule has 6 heteroatoms. The largest absolute Gasteiger partial charge is 0.496 e. The van der Waals surface area contributed by atoms with Crippen LogP contribution in [0.1, 0.15) is 17.5 Å². The Morgan fingerprint density at radius 1 is 1.17 bits per heavy atom. The van der Waals surface area contributed by atoms with Gasteiger partial charge in [0.25, 0.3) is 0 Å². The Morgan fingerprint density at radius 3 is 2.57 bits per heavy atom. The number of hydrogen-bond acceptors (Lipinski definition) is 3. The van der Waals surface area contributed by atoms with Gasteiger partial charge in [0.15, 0.2) is 0 Å². The van der Waals surface area contributed by atoms with E-state index in [4.69, 9.17) is 16.3 Å². The molecule has 0 bridgehead atoms. The van der Waals surface area contributed by atoms with E-state index in [1.54, 1.807) is 25.3 Å². The van der Waals surface area contributed by atoms with Gasteiger partial charge in [0.2, 0.25) is 10.0 Å². The second-order valence-corrected chi connectivity index (χ2v) is 7.40. The fraction of sp³-hybridized carbons (Fsp3) is 0.294. The van der Waals surface area contributed by atoms with Gasteiger partial charge in [0.1, 0.15) is 5.75 Å². The molecule has 0 radical (unpaired) electrons. The fourth-order valence-corrected chi connectivity index (χ4v) is 3.68. The van der Waals surface area contributed by atoms with Crippen molar-refractivity contribution in [3.63, 3.8) is 0 Å². The van der Waals surface area contributed by atoms with Crippen LogP contribution in [0, 0.1) is 6.92 Å². The first kappa shape index (κ1) is 17.8. The van der Waals surface area contributed by atoms with Gasteiger partial charge in [-0.3, -0.25) is 0 Å². The number of aryl methyl sites for hydroxylation is 2. The molecule has 23 heavy (non-hydrogen) atoms. The molecule has 0 heterocycles. The summed E-state index contributed by atoms with van der Waals surface area (Å²) in [4.78, 5) is 0.244. The van der Waals surface area contributed by atoms with Crippen LogP contribution in [0.15, 0.2) is 47.4 Å². The summed E-state index contributed by atoms with van der Waals surface area (Å²) in [5.74, 6) is 0.669. The summed E-state index contributed by atoms with van der Waals surface area (Å²) < 4.78 is 32.3. The smallest absolute Gasteiger partial charge is 0.240 e. The Morgan fingerprint density at radius 2 is 1.91 bits per heavy atom. The van der Waals surface area contributed by atoms with Gasteiger partial charge >= 0.3 is 0 Å². The molecule has 2 rings (SSSR count). The maximum Gasteiger partial charge on any atom is 0.240 e. The third-order valence-corrected chi connectivity index (χ3v) is 5.38. The Balaban J connectivity index is 1.94. The Labute approximate surface area is 142 Å². The Kier molecular flexibility index (Phi) is 6.04. The molecule has 0 aliphatic rings. The average Bonchev–Trinajstić information content (AvgIpc) is 2.53. The summed E-state index contributed by atoms with van der Waals surface area (Å²) in [5.41, 5.74) is 1.81. The SMILES string of the molecule is COc1ccc(S(=O)(=O)NCCCc2ccccc2Cl)cc1C. The van der Waals surface area contributed by atoms with Gasteiger partial charge < -0.3 is 4.74 Å². The summed E-state index contributed by atoms with van der Waals surface area (Å²) in [7, 11) is -1.95. The molecule has 2 aromatic rings. The number of methoxy groups -OCH3 is 1. The number of nitrogens with one attached hydrogen (secondary N) is 1. The predicted molar refractivity (Wildman–Crippen MR) is 92.7 cm³/mol. The van der Waals surface area contributed by atoms with E-state index in [2.05, 4.69) is 4.72 Å². The first-order valence-electron chi connectivity index (χ1n) is 7.32. The van der Waals surface area contributed by atoms with Gasteiger partial charge in [-0.2, -0.15) is 0 Å². The summed E-state index contributed by atoms with van der Waals surface area (Å²) in [6.45, 7) is 2.17. The molecule has 0 aliphatic carbocycles. The maximum atomic E-state index is 12.3. The average molecular weight is 354 g/mol. The lowest BCUT2D eigenvalue weighted by molar-refractivity contribution is 0.411. The highest BCUT2D eigenvalue weighted by Gasteiger charge is 2.14. The van der Waals surface area contributed by atoms with Crippen molar-refractivity contribution >= 4 is 21.6 Å². The van der Waals surface area contributed by atoms with Crippen LogP contribution >= 0.6 is 11.6 Å². The molecule has 124 valence electrons. The highest BCUT2D eigenvalue weighted by molar-refractivity contribution is 7.89. The number of hydrogen-bond donors (Lipinski definition) is 1. The van der Waals surface area contributed by atoms with Crippen molar-refractivity contribution < 1.29 is 13.2 Å². The topological polar surface area (TPSA) is 55.4 Å². The summed E-state index contributed by atoms with van der Waals surface area (Å²) in [6, 6.07) is 12.4. The molecular formula is C17H20ClNO3S. The van der Waals surface area contributed by atoms with E-state index < -0.39 is 10.0 Å². The zero-order chi connectivity index (χ0) is 16.9. The third kappa shape index (κ3) is 4.70. The van der Waals surface area contributed by atoms with Crippen LogP contribution in [0.3, 0.4) is 0 Å². The van der Waals surface area contributed by atoms with E-state index >= 15 is 0 Å². The van der Waals surface area contributed by atoms with E-state index in [1.807, 2.05) is 31.2 Å². The normalized spacial score (nSPS) is 11.4. The predicted octanol–water partition coefficient (Wildman–Crippen LogP) is 3.57. The van der Waals surface area contributed by atoms with Crippen LogP contribution in [-0.2, 0) is 16.4 Å². The standard InChI is InChI=1S/C17H20ClNO3S/c1-13-12-15(9-10-17(13)22-2)23(20,21)19-11-5-7-14-6-3-4-8-16(14)18/h3-4,6,8-10,12,19H,5,7,11H2,1-2H3. The quantitative estimate of drug-likeness (QED) is 0.774. The molecule has 0 atom stereocenters. The van der Waals surface area contributed by atoms with Crippen molar-refractivity contribution in [2.24, 2.45) is 0 Å². The third-order valence-electron chi connectivity index (χ3n) is 3.55. The lowest BCUT2D eigenvalue weighted by Crippen LogP contribution is -2.25. The number of rotatable bonds is 7. The Bertz CT molecular complexity index is 775. The zero-order valence-corrected chi connectivity index (χ0v) is 14.7. The molecular weight excluding hydrogens is 334 g/mol. The number of ether oxygens (including phenoxy) is 1. The minimum absolute atomic E-state index is 0.244. The lowest BCUT2D eigenvalue weighted by atomic mass is 10.1. The van der Waals surface area contributed by atoms with Crippen molar-refractivity contribution in [1.29, 1.82) is 0 Å². The van der Waals surface area contributed by atoms with E-state index in [-0.39, 0.29) is 4.90 Å². The van der Waals surface area contributed by atoms with Crippen LogP contribution in [-0.4, -0.2) is 22.1 Å². The Hall–Kier alpha value is -1.56. The molecule has 2 aromatic carbocycles. The minimum atomic E-state index is -3.51. The molecule has 4 nitrogen and oxygen atoms in total. The molecule has 0 saturated heterocycles. The van der Waals surface area contributed by atoms with E-state index in [9.17, 15) is 8.42 Å². The van der Waals surface area contributed by atoms with Crippen LogP contribution in [0.5, 0.6) is 5.75 Å². The first-order valence-corrected chi connectivity index (χ1v) is 9.18. The molecule has 0 aliphatic heterocycles. The van der Waals surface area contributed by atoms with Crippen molar-refractivity contribution in [1.82, 2.24) is 4.72 Å². The molecule has 0 aromatic heterocycles. The van der Waals surface area contributed by atoms with E-state index in [0.717, 1.165) is 17.5 Å². The van der Waals surface area contributed by atoms with Crippen molar-refractivity contribution in [2.75, 3.05) is 13.7 Å². The molecule has 0 spiro atoms. The van der Waals surface area contributed by atoms with Crippen molar-refractivity contribution in [3.05, 3.63) is 58.6 Å². The van der Waals surface area contributed by atoms with Crippen LogP contribution in [0.25, 0.3) is 0 Å². The van der Waals surface area contributed by atoms with Gasteiger partial charge in [-0.1, -0.05) is 29.8 Å². The van der Waals surface area contributed by atoms with E-state index in [0.29, 0.717) is 23.7 Å². The number of sulfonamides is 1. The summed E-state index contributed by atoms with van der Waals surface area (Å²) in [5, 5.41) is 0.709. The maximum absolute atomic E-state index is 12.3. The molecule has 1 N–H and O–H groups in total. The first-order chi connectivity index (χ1) is 10.9. The second kappa shape index (κ2) is 7.81. The van der Waals surface area contributed by atoms with Gasteiger partial charge in [0, 0.05) is 11.6 Å². The molecule has 0 fully saturated rings. The van der Waals surface area contributed by atoms with E-state index in [1.165, 1.54) is 0 Å². The van der Waals surface area contributed by atoms with Crippen molar-refractivity contribution in [2.45, 2.75) is 24.7 Å². The van der Waals surface area contributed by atoms with Gasteiger partial charge in [-0.05, 0) is 55.2 Å². The zero-order valence-electron chi connectivity index (χ0n) is 13.2. The molecule has 0 unspecified atom stereocenters. The van der Waals surface area contributed by atoms with Gasteiger partial charge in [0.05, 0.1) is 12.0 Å². The number of benzene rings is 2. The van der Waals surface area contributed by atoms with Crippen molar-refractivity contribution in [3.8, 4) is 5.75 Å². The highest BCUT2D eigenvalue weighted by Crippen LogP contribution is 2.21. The molecule has 0 saturated carbocycles. The summed E-state index contributed by atoms with van der Waals surface area (Å²) in [6.07, 6.45) is 1.40. The lowest BCUT2D eigenvalue weighted by Gasteiger charge is -2.10. The van der Waals surface area contributed by atoms with Crippen LogP contribution < -0.4 is 9.46 Å². The highest BCUT2D eigenvalue weighted by atomic mass is 35.5. The summed E-state index contributed by atoms with van der Waals surface area (Å²) >= 11 is 6.08. The van der Waals surface area contributed by atoms with Gasteiger partial charge in [-0.25, -0.2) is 13.1 Å². The monoisotopic (exact) mass is 353 g/mol. The molecule has 0 amide bonds. The minimum Gasteiger partial charge on any atom is -0.496 e. The van der Waals surface area contributed by atoms with Gasteiger partial charge in [-0.15, -0.1) is 0 Å².